The van der Waals surface area contributed by atoms with Crippen molar-refractivity contribution >= 4 is 33.6 Å². The van der Waals surface area contributed by atoms with Gasteiger partial charge in [0.15, 0.2) is 5.69 Å². The van der Waals surface area contributed by atoms with Crippen LogP contribution in [0.1, 0.15) is 30.2 Å². The van der Waals surface area contributed by atoms with Gasteiger partial charge in [0, 0.05) is 25.3 Å². The fourth-order valence-corrected chi connectivity index (χ4v) is 5.74. The highest BCUT2D eigenvalue weighted by molar-refractivity contribution is 7.18. The maximum Gasteiger partial charge on any atom is 0.352 e. The van der Waals surface area contributed by atoms with Crippen LogP contribution in [0.15, 0.2) is 11.9 Å². The Morgan fingerprint density at radius 3 is 2.52 bits per heavy atom. The Labute approximate surface area is 177 Å². The molecule has 2 aromatic rings. The molecular formula is C18H22IN3O4S. The number of aliphatic carboxylic acids is 1. The van der Waals surface area contributed by atoms with Gasteiger partial charge in [-0.2, -0.15) is 4.40 Å². The predicted octanol–water partition coefficient (Wildman–Crippen LogP) is -1.90. The lowest BCUT2D eigenvalue weighted by atomic mass is 9.77. The molecule has 1 amide bonds. The Morgan fingerprint density at radius 1 is 1.37 bits per heavy atom. The zero-order valence-electron chi connectivity index (χ0n) is 15.7. The predicted molar refractivity (Wildman–Crippen MR) is 95.4 cm³/mol. The number of carbonyl (C=O) groups is 2. The van der Waals surface area contributed by atoms with Crippen LogP contribution in [0, 0.1) is 25.7 Å². The second-order valence-electron chi connectivity index (χ2n) is 7.28. The molecule has 1 saturated heterocycles. The van der Waals surface area contributed by atoms with Gasteiger partial charge in [0.2, 0.25) is 10.7 Å². The Bertz CT molecular complexity index is 969. The molecule has 9 heteroatoms. The van der Waals surface area contributed by atoms with Crippen LogP contribution >= 0.6 is 11.3 Å². The summed E-state index contributed by atoms with van der Waals surface area (Å²) in [6, 6.07) is -0.289. The fraction of sp³-hybridized carbons (Fsp3) is 0.500. The van der Waals surface area contributed by atoms with Gasteiger partial charge in [-0.05, 0) is 6.92 Å². The minimum atomic E-state index is -1.09. The molecule has 4 heterocycles. The van der Waals surface area contributed by atoms with E-state index in [9.17, 15) is 19.8 Å². The first-order valence-electron chi connectivity index (χ1n) is 8.62. The van der Waals surface area contributed by atoms with E-state index in [0.29, 0.717) is 5.57 Å². The highest BCUT2D eigenvalue weighted by atomic mass is 127. The van der Waals surface area contributed by atoms with Gasteiger partial charge in [-0.15, -0.1) is 0 Å². The third-order valence-electron chi connectivity index (χ3n) is 5.96. The van der Waals surface area contributed by atoms with E-state index in [1.807, 2.05) is 34.0 Å². The minimum Gasteiger partial charge on any atom is -1.00 e. The van der Waals surface area contributed by atoms with Gasteiger partial charge in [0.05, 0.1) is 30.0 Å². The Morgan fingerprint density at radius 2 is 2.00 bits per heavy atom. The molecule has 2 aromatic heterocycles. The highest BCUT2D eigenvalue weighted by Gasteiger charge is 2.60. The van der Waals surface area contributed by atoms with Gasteiger partial charge in [-0.1, -0.05) is 18.3 Å². The van der Waals surface area contributed by atoms with Crippen LogP contribution in [-0.2, 0) is 16.6 Å². The number of imidazole rings is 1. The van der Waals surface area contributed by atoms with Crippen molar-refractivity contribution in [2.45, 2.75) is 39.8 Å². The maximum atomic E-state index is 12.5. The molecule has 2 N–H and O–H groups in total. The second-order valence-corrected chi connectivity index (χ2v) is 8.31. The summed E-state index contributed by atoms with van der Waals surface area (Å²) in [5.41, 5.74) is 1.87. The second kappa shape index (κ2) is 6.56. The Balaban J connectivity index is 0.00000210. The van der Waals surface area contributed by atoms with E-state index in [4.69, 9.17) is 0 Å². The summed E-state index contributed by atoms with van der Waals surface area (Å²) in [6.07, 6.45) is 1.17. The molecule has 0 saturated carbocycles. The number of carboxylic acid groups (broad SMARTS) is 1. The van der Waals surface area contributed by atoms with Crippen LogP contribution in [0.3, 0.4) is 0 Å². The molecule has 0 spiro atoms. The first kappa shape index (κ1) is 20.3. The molecule has 0 unspecified atom stereocenters. The SMILES string of the molecule is Cc1c2sc(C3=C(C(=O)O)N4C(=O)[C@H]([C@@H](C)O)[C@@H]4[C@H]3C)c[n+]2c(C)n1C.[I-]. The van der Waals surface area contributed by atoms with Crippen molar-refractivity contribution in [2.24, 2.45) is 18.9 Å². The normalized spacial score (nSPS) is 25.5. The van der Waals surface area contributed by atoms with Crippen molar-refractivity contribution in [3.63, 3.8) is 0 Å². The van der Waals surface area contributed by atoms with Gasteiger partial charge >= 0.3 is 5.97 Å². The monoisotopic (exact) mass is 503 g/mol. The molecule has 2 aliphatic rings. The molecule has 27 heavy (non-hydrogen) atoms. The van der Waals surface area contributed by atoms with Crippen LogP contribution in [0.4, 0.5) is 0 Å². The third kappa shape index (κ3) is 2.51. The Kier molecular flexibility index (Phi) is 4.92. The number of rotatable bonds is 3. The molecule has 7 nitrogen and oxygen atoms in total. The Hall–Kier alpha value is -1.46. The summed E-state index contributed by atoms with van der Waals surface area (Å²) in [7, 11) is 2.00. The molecule has 0 aliphatic carbocycles. The number of aliphatic hydroxyl groups excluding tert-OH is 1. The van der Waals surface area contributed by atoms with Crippen molar-refractivity contribution in [3.05, 3.63) is 28.3 Å². The molecule has 0 radical (unpaired) electrons. The van der Waals surface area contributed by atoms with Crippen molar-refractivity contribution in [1.82, 2.24) is 9.47 Å². The molecule has 0 aromatic carbocycles. The summed E-state index contributed by atoms with van der Waals surface area (Å²) < 4.78 is 4.17. The number of halogens is 1. The highest BCUT2D eigenvalue weighted by Crippen LogP contribution is 2.51. The zero-order valence-corrected chi connectivity index (χ0v) is 18.7. The number of thiazole rings is 1. The minimum absolute atomic E-state index is 0. The first-order chi connectivity index (χ1) is 12.2. The lowest BCUT2D eigenvalue weighted by molar-refractivity contribution is -0.516. The molecule has 4 rings (SSSR count). The number of amides is 1. The number of β-lactam (4-membered cyclic amide) rings is 1. The van der Waals surface area contributed by atoms with Crippen molar-refractivity contribution in [3.8, 4) is 0 Å². The van der Waals surface area contributed by atoms with Crippen LogP contribution in [-0.4, -0.2) is 43.7 Å². The molecule has 1 fully saturated rings. The molecule has 4 atom stereocenters. The number of fused-ring (bicyclic) bond motifs is 2. The number of hydrogen-bond donors (Lipinski definition) is 2. The summed E-state index contributed by atoms with van der Waals surface area (Å²) in [4.78, 5) is 27.7. The number of aromatic nitrogens is 2. The van der Waals surface area contributed by atoms with E-state index in [1.165, 1.54) is 4.90 Å². The average molecular weight is 503 g/mol. The van der Waals surface area contributed by atoms with Gasteiger partial charge in [-0.25, -0.2) is 9.36 Å². The number of aliphatic hydroxyl groups is 1. The van der Waals surface area contributed by atoms with Crippen LogP contribution in [0.25, 0.3) is 10.4 Å². The fourth-order valence-electron chi connectivity index (χ4n) is 4.41. The zero-order chi connectivity index (χ0) is 19.1. The van der Waals surface area contributed by atoms with Gasteiger partial charge in [0.1, 0.15) is 11.9 Å². The average Bonchev–Trinajstić information content (AvgIpc) is 3.15. The van der Waals surface area contributed by atoms with Gasteiger partial charge in [0.25, 0.3) is 5.82 Å². The van der Waals surface area contributed by atoms with Gasteiger partial charge < -0.3 is 39.1 Å². The largest absolute Gasteiger partial charge is 1.00 e. The van der Waals surface area contributed by atoms with E-state index < -0.39 is 18.0 Å². The number of hydrogen-bond acceptors (Lipinski definition) is 4. The van der Waals surface area contributed by atoms with Crippen LogP contribution < -0.4 is 28.4 Å². The van der Waals surface area contributed by atoms with Crippen LogP contribution in [0.2, 0.25) is 0 Å². The van der Waals surface area contributed by atoms with E-state index in [2.05, 4.69) is 8.97 Å². The summed E-state index contributed by atoms with van der Waals surface area (Å²) in [5, 5.41) is 19.7. The number of aryl methyl sites for hydroxylation is 2. The van der Waals surface area contributed by atoms with Gasteiger partial charge in [-0.3, -0.25) is 4.79 Å². The van der Waals surface area contributed by atoms with Crippen LogP contribution in [0.5, 0.6) is 0 Å². The van der Waals surface area contributed by atoms with E-state index in [0.717, 1.165) is 21.2 Å². The smallest absolute Gasteiger partial charge is 0.352 e. The van der Waals surface area contributed by atoms with Crippen molar-refractivity contribution < 1.29 is 48.2 Å². The molecular weight excluding hydrogens is 481 g/mol. The number of nitrogens with zero attached hydrogens (tertiary/aromatic N) is 3. The third-order valence-corrected chi connectivity index (χ3v) is 7.19. The van der Waals surface area contributed by atoms with E-state index in [-0.39, 0.29) is 47.5 Å². The molecule has 2 aliphatic heterocycles. The van der Waals surface area contributed by atoms with Crippen molar-refractivity contribution in [1.29, 1.82) is 0 Å². The summed E-state index contributed by atoms with van der Waals surface area (Å²) in [6.45, 7) is 7.58. The summed E-state index contributed by atoms with van der Waals surface area (Å²) >= 11 is 1.54. The maximum absolute atomic E-state index is 12.5. The standard InChI is InChI=1S/C18H21N3O4S.HI/c1-7-12(11-6-20-10(4)19(5)8(2)17(20)26-11)15(18(24)25)21-14(7)13(9(3)22)16(21)23;/h6-7,9,13-14,22H,1-5H3;1H/t7-,9+,13+,14-;/m0./s1. The lowest BCUT2D eigenvalue weighted by Gasteiger charge is -2.46. The van der Waals surface area contributed by atoms with E-state index in [1.54, 1.807) is 18.3 Å². The van der Waals surface area contributed by atoms with Crippen molar-refractivity contribution in [2.75, 3.05) is 0 Å². The number of carboxylic acids is 1. The number of carbonyl (C=O) groups excluding carboxylic acids is 1. The topological polar surface area (TPSA) is 86.9 Å². The molecule has 0 bridgehead atoms. The lowest BCUT2D eigenvalue weighted by Crippen LogP contribution is -3.00. The van der Waals surface area contributed by atoms with E-state index >= 15 is 0 Å². The summed E-state index contributed by atoms with van der Waals surface area (Å²) in [5.74, 6) is -1.01. The molecule has 146 valence electrons. The first-order valence-corrected chi connectivity index (χ1v) is 9.44. The quantitative estimate of drug-likeness (QED) is 0.291.